The van der Waals surface area contributed by atoms with Gasteiger partial charge in [0.1, 0.15) is 18.2 Å². The smallest absolute Gasteiger partial charge is 0.219 e. The molecule has 0 unspecified atom stereocenters. The molecule has 2 fully saturated rings. The molecule has 2 aromatic rings. The zero-order chi connectivity index (χ0) is 21.5. The van der Waals surface area contributed by atoms with Crippen molar-refractivity contribution in [2.24, 2.45) is 11.8 Å². The fraction of sp³-hybridized carbons (Fsp3) is 0.520. The average molecular weight is 443 g/mol. The maximum Gasteiger partial charge on any atom is 0.219 e. The van der Waals surface area contributed by atoms with Crippen LogP contribution in [-0.2, 0) is 6.42 Å². The molecule has 2 aliphatic rings. The second kappa shape index (κ2) is 11.1. The van der Waals surface area contributed by atoms with E-state index in [2.05, 4.69) is 16.4 Å². The van der Waals surface area contributed by atoms with E-state index in [0.717, 1.165) is 37.5 Å². The van der Waals surface area contributed by atoms with Gasteiger partial charge >= 0.3 is 0 Å². The lowest BCUT2D eigenvalue weighted by Gasteiger charge is -2.29. The topological polar surface area (TPSA) is 51.2 Å². The van der Waals surface area contributed by atoms with Crippen molar-refractivity contribution in [3.8, 4) is 5.75 Å². The zero-order valence-corrected chi connectivity index (χ0v) is 18.7. The number of pyridine rings is 1. The maximum atomic E-state index is 13.3. The molecule has 1 aromatic heterocycles. The number of carbonyl (C=O) groups is 1. The largest absolute Gasteiger partial charge is 0.490 e. The van der Waals surface area contributed by atoms with Crippen LogP contribution in [-0.4, -0.2) is 35.0 Å². The molecule has 4 nitrogen and oxygen atoms in total. The molecule has 0 bridgehead atoms. The van der Waals surface area contributed by atoms with Gasteiger partial charge in [0.25, 0.3) is 0 Å². The van der Waals surface area contributed by atoms with Crippen molar-refractivity contribution in [1.29, 1.82) is 0 Å². The molecule has 2 heterocycles. The van der Waals surface area contributed by atoms with Gasteiger partial charge in [0.05, 0.1) is 6.20 Å². The van der Waals surface area contributed by atoms with Gasteiger partial charge in [0.2, 0.25) is 5.12 Å². The first-order chi connectivity index (χ1) is 15.2. The maximum absolute atomic E-state index is 13.3. The average Bonchev–Trinajstić information content (AvgIpc) is 2.74. The van der Waals surface area contributed by atoms with Gasteiger partial charge in [-0.2, -0.15) is 0 Å². The van der Waals surface area contributed by atoms with E-state index < -0.39 is 0 Å². The molecule has 1 aliphatic heterocycles. The Hall–Kier alpha value is -1.92. The Kier molecular flexibility index (Phi) is 7.97. The highest BCUT2D eigenvalue weighted by atomic mass is 32.2. The summed E-state index contributed by atoms with van der Waals surface area (Å²) < 4.78 is 19.2. The van der Waals surface area contributed by atoms with Crippen molar-refractivity contribution < 1.29 is 13.9 Å². The molecule has 0 spiro atoms. The number of thioether (sulfide) groups is 1. The number of nitrogens with one attached hydrogen (secondary N) is 1. The number of nitrogens with zero attached hydrogens (tertiary/aromatic N) is 1. The summed E-state index contributed by atoms with van der Waals surface area (Å²) >= 11 is 1.32. The monoisotopic (exact) mass is 442 g/mol. The van der Waals surface area contributed by atoms with Crippen molar-refractivity contribution in [3.05, 3.63) is 59.7 Å². The highest BCUT2D eigenvalue weighted by Gasteiger charge is 2.22. The molecule has 0 radical (unpaired) electrons. The molecule has 1 N–H and O–H groups in total. The van der Waals surface area contributed by atoms with Crippen molar-refractivity contribution >= 4 is 16.9 Å². The lowest BCUT2D eigenvalue weighted by atomic mass is 9.78. The third-order valence-electron chi connectivity index (χ3n) is 6.46. The van der Waals surface area contributed by atoms with Crippen LogP contribution >= 0.6 is 11.8 Å². The van der Waals surface area contributed by atoms with Gasteiger partial charge in [-0.25, -0.2) is 4.39 Å². The molecule has 1 aliphatic carbocycles. The SMILES string of the molecule is O=C(SCCC1CCC(Cc2cncc(OC[C@@H]3CCN3)c2)CC1)c1cccc(F)c1. The van der Waals surface area contributed by atoms with Gasteiger partial charge in [-0.05, 0) is 74.2 Å². The third kappa shape index (κ3) is 6.78. The van der Waals surface area contributed by atoms with Gasteiger partial charge in [0.15, 0.2) is 0 Å². The first-order valence-electron chi connectivity index (χ1n) is 11.4. The number of ether oxygens (including phenoxy) is 1. The van der Waals surface area contributed by atoms with E-state index in [1.807, 2.05) is 12.4 Å². The Morgan fingerprint density at radius 1 is 1.13 bits per heavy atom. The number of benzene rings is 1. The Morgan fingerprint density at radius 3 is 2.68 bits per heavy atom. The Morgan fingerprint density at radius 2 is 1.94 bits per heavy atom. The van der Waals surface area contributed by atoms with Crippen LogP contribution in [0.2, 0.25) is 0 Å². The first-order valence-corrected chi connectivity index (χ1v) is 12.4. The number of carbonyl (C=O) groups excluding carboxylic acids is 1. The molecule has 4 rings (SSSR count). The van der Waals surface area contributed by atoms with Crippen LogP contribution in [0.1, 0.15) is 54.4 Å². The summed E-state index contributed by atoms with van der Waals surface area (Å²) in [7, 11) is 0. The summed E-state index contributed by atoms with van der Waals surface area (Å²) in [5.41, 5.74) is 1.72. The molecular weight excluding hydrogens is 411 g/mol. The van der Waals surface area contributed by atoms with E-state index in [4.69, 9.17) is 4.74 Å². The lowest BCUT2D eigenvalue weighted by molar-refractivity contribution is 0.108. The van der Waals surface area contributed by atoms with E-state index in [-0.39, 0.29) is 10.9 Å². The molecule has 31 heavy (non-hydrogen) atoms. The Labute approximate surface area is 188 Å². The first kappa shape index (κ1) is 22.3. The van der Waals surface area contributed by atoms with Crippen molar-refractivity contribution in [1.82, 2.24) is 10.3 Å². The van der Waals surface area contributed by atoms with Crippen LogP contribution in [0, 0.1) is 17.7 Å². The number of hydrogen-bond donors (Lipinski definition) is 1. The van der Waals surface area contributed by atoms with Crippen LogP contribution in [0.25, 0.3) is 0 Å². The fourth-order valence-electron chi connectivity index (χ4n) is 4.42. The van der Waals surface area contributed by atoms with Crippen LogP contribution in [0.15, 0.2) is 42.7 Å². The molecule has 0 amide bonds. The Bertz CT molecular complexity index is 866. The third-order valence-corrected chi connectivity index (χ3v) is 7.39. The summed E-state index contributed by atoms with van der Waals surface area (Å²) in [6.45, 7) is 1.81. The molecular formula is C25H31FN2O2S. The minimum atomic E-state index is -0.354. The van der Waals surface area contributed by atoms with Crippen molar-refractivity contribution in [2.45, 2.75) is 51.0 Å². The van der Waals surface area contributed by atoms with Gasteiger partial charge in [0, 0.05) is 23.6 Å². The summed E-state index contributed by atoms with van der Waals surface area (Å²) in [5, 5.41) is 3.32. The van der Waals surface area contributed by atoms with E-state index in [0.29, 0.717) is 23.4 Å². The van der Waals surface area contributed by atoms with Gasteiger partial charge in [-0.15, -0.1) is 0 Å². The van der Waals surface area contributed by atoms with Crippen molar-refractivity contribution in [2.75, 3.05) is 18.9 Å². The van der Waals surface area contributed by atoms with Gasteiger partial charge < -0.3 is 10.1 Å². The van der Waals surface area contributed by atoms with E-state index in [1.54, 1.807) is 12.1 Å². The molecule has 1 saturated heterocycles. The fourth-order valence-corrected chi connectivity index (χ4v) is 5.35. The number of hydrogen-bond acceptors (Lipinski definition) is 5. The second-order valence-corrected chi connectivity index (χ2v) is 9.87. The normalized spacial score (nSPS) is 23.2. The summed E-state index contributed by atoms with van der Waals surface area (Å²) in [4.78, 5) is 16.6. The zero-order valence-electron chi connectivity index (χ0n) is 17.9. The number of rotatable bonds is 9. The highest BCUT2D eigenvalue weighted by molar-refractivity contribution is 8.14. The lowest BCUT2D eigenvalue weighted by Crippen LogP contribution is -2.46. The molecule has 166 valence electrons. The Balaban J connectivity index is 1.15. The molecule has 6 heteroatoms. The summed E-state index contributed by atoms with van der Waals surface area (Å²) in [6, 6.07) is 8.59. The van der Waals surface area contributed by atoms with Gasteiger partial charge in [-0.3, -0.25) is 9.78 Å². The minimum Gasteiger partial charge on any atom is -0.490 e. The summed E-state index contributed by atoms with van der Waals surface area (Å²) in [5.74, 6) is 2.71. The molecule has 1 saturated carbocycles. The number of aromatic nitrogens is 1. The van der Waals surface area contributed by atoms with Crippen LogP contribution in [0.5, 0.6) is 5.75 Å². The van der Waals surface area contributed by atoms with E-state index >= 15 is 0 Å². The van der Waals surface area contributed by atoms with E-state index in [1.165, 1.54) is 61.6 Å². The van der Waals surface area contributed by atoms with E-state index in [9.17, 15) is 9.18 Å². The quantitative estimate of drug-likeness (QED) is 0.573. The van der Waals surface area contributed by atoms with Crippen LogP contribution < -0.4 is 10.1 Å². The van der Waals surface area contributed by atoms with Crippen LogP contribution in [0.3, 0.4) is 0 Å². The predicted molar refractivity (Wildman–Crippen MR) is 123 cm³/mol. The van der Waals surface area contributed by atoms with Crippen molar-refractivity contribution in [3.63, 3.8) is 0 Å². The second-order valence-electron chi connectivity index (χ2n) is 8.81. The molecule has 1 aromatic carbocycles. The summed E-state index contributed by atoms with van der Waals surface area (Å²) in [6.07, 6.45) is 12.0. The minimum absolute atomic E-state index is 0.0316. The molecule has 1 atom stereocenters. The van der Waals surface area contributed by atoms with Gasteiger partial charge in [-0.1, -0.05) is 36.7 Å². The van der Waals surface area contributed by atoms with Crippen LogP contribution in [0.4, 0.5) is 4.39 Å². The number of halogens is 1. The highest BCUT2D eigenvalue weighted by Crippen LogP contribution is 2.34. The standard InChI is InChI=1S/C25H31FN2O2S/c26-22-3-1-2-21(14-22)25(29)31-11-9-18-4-6-19(7-5-18)12-20-13-24(16-27-15-20)30-17-23-8-10-28-23/h1-3,13-16,18-19,23,28H,4-12,17H2/t18?,19?,23-/m0/s1. The predicted octanol–water partition coefficient (Wildman–Crippen LogP) is 5.27.